The molecule has 0 bridgehead atoms. The number of allylic oxidation sites excluding steroid dienone is 2. The van der Waals surface area contributed by atoms with Gasteiger partial charge in [-0.2, -0.15) is 0 Å². The molecule has 0 saturated heterocycles. The van der Waals surface area contributed by atoms with Crippen molar-refractivity contribution in [1.29, 1.82) is 0 Å². The Balaban J connectivity index is 2.07. The molecule has 2 saturated carbocycles. The summed E-state index contributed by atoms with van der Waals surface area (Å²) in [4.78, 5) is 12.3. The Hall–Kier alpha value is -0.910. The van der Waals surface area contributed by atoms with Gasteiger partial charge in [-0.1, -0.05) is 73.5 Å². The molecule has 0 heterocycles. The van der Waals surface area contributed by atoms with Crippen molar-refractivity contribution in [3.8, 4) is 0 Å². The average molecular weight is 493 g/mol. The van der Waals surface area contributed by atoms with E-state index >= 15 is 0 Å². The van der Waals surface area contributed by atoms with Crippen LogP contribution in [0.2, 0.25) is 0 Å². The van der Waals surface area contributed by atoms with E-state index in [9.17, 15) is 25.2 Å². The summed E-state index contributed by atoms with van der Waals surface area (Å²) in [7, 11) is 0. The zero-order chi connectivity index (χ0) is 26.6. The van der Waals surface area contributed by atoms with Gasteiger partial charge in [-0.15, -0.1) is 0 Å². The molecule has 0 radical (unpaired) electrons. The monoisotopic (exact) mass is 492 g/mol. The third-order valence-corrected chi connectivity index (χ3v) is 11.6. The van der Waals surface area contributed by atoms with E-state index in [-0.39, 0.29) is 52.4 Å². The molecule has 0 amide bonds. The number of carboxylic acids is 1. The van der Waals surface area contributed by atoms with Crippen molar-refractivity contribution in [1.82, 2.24) is 0 Å². The number of hydrogen-bond acceptors (Lipinski definition) is 4. The van der Waals surface area contributed by atoms with Crippen molar-refractivity contribution in [2.45, 2.75) is 113 Å². The fraction of sp³-hybridized carbons (Fsp3) is 0.900. The second-order valence-electron chi connectivity index (χ2n) is 13.9. The molecule has 0 aliphatic heterocycles. The summed E-state index contributed by atoms with van der Waals surface area (Å²) in [5.74, 6) is -0.304. The van der Waals surface area contributed by atoms with E-state index in [4.69, 9.17) is 0 Å². The molecule has 5 nitrogen and oxygen atoms in total. The maximum Gasteiger partial charge on any atom is 0.307 e. The van der Waals surface area contributed by atoms with Crippen LogP contribution in [0, 0.1) is 51.2 Å². The molecule has 0 aromatic carbocycles. The molecule has 0 aromatic rings. The Morgan fingerprint density at radius 2 is 1.71 bits per heavy atom. The van der Waals surface area contributed by atoms with Gasteiger partial charge in [-0.25, -0.2) is 0 Å². The molecule has 3 aliphatic carbocycles. The van der Waals surface area contributed by atoms with Crippen LogP contribution in [-0.4, -0.2) is 45.2 Å². The normalized spacial score (nSPS) is 48.3. The highest BCUT2D eigenvalue weighted by molar-refractivity contribution is 5.71. The van der Waals surface area contributed by atoms with Crippen LogP contribution in [0.4, 0.5) is 0 Å². The van der Waals surface area contributed by atoms with E-state index in [0.29, 0.717) is 6.42 Å². The third kappa shape index (κ3) is 4.52. The standard InChI is InChI=1S/C30H52O5/c1-9-24-29(7,16-23(32)25(33)30(24,8)17-31)21-11-12-22(28(6,10-2)18(21)3)20-15-27(4,5)14-13-19(20)26(34)35/h12,18-21,23-25,31-33H,9-11,13-17H2,1-8H3,(H,34,35)/t18-,19+,20+,21-,23+,24+,25-,28-,29+,30-/m0/s1. The Bertz CT molecular complexity index is 820. The molecule has 3 rings (SSSR count). The van der Waals surface area contributed by atoms with Gasteiger partial charge in [0.05, 0.1) is 24.7 Å². The fourth-order valence-electron chi connectivity index (χ4n) is 9.20. The highest BCUT2D eigenvalue weighted by atomic mass is 16.4. The van der Waals surface area contributed by atoms with E-state index in [2.05, 4.69) is 54.5 Å². The molecule has 5 heteroatoms. The zero-order valence-corrected chi connectivity index (χ0v) is 23.5. The third-order valence-electron chi connectivity index (χ3n) is 11.6. The lowest BCUT2D eigenvalue weighted by molar-refractivity contribution is -0.204. The molecule has 3 aliphatic rings. The predicted octanol–water partition coefficient (Wildman–Crippen LogP) is 5.67. The quantitative estimate of drug-likeness (QED) is 0.358. The van der Waals surface area contributed by atoms with Crippen molar-refractivity contribution < 1.29 is 25.2 Å². The van der Waals surface area contributed by atoms with Gasteiger partial charge in [0.2, 0.25) is 0 Å². The molecule has 4 N–H and O–H groups in total. The average Bonchev–Trinajstić information content (AvgIpc) is 2.78. The van der Waals surface area contributed by atoms with Crippen molar-refractivity contribution in [2.24, 2.45) is 51.2 Å². The van der Waals surface area contributed by atoms with Gasteiger partial charge in [0.15, 0.2) is 0 Å². The Morgan fingerprint density at radius 3 is 2.23 bits per heavy atom. The highest BCUT2D eigenvalue weighted by Crippen LogP contribution is 2.64. The van der Waals surface area contributed by atoms with Crippen molar-refractivity contribution in [2.75, 3.05) is 6.61 Å². The van der Waals surface area contributed by atoms with Crippen molar-refractivity contribution in [3.05, 3.63) is 11.6 Å². The number of carbonyl (C=O) groups is 1. The molecule has 0 aromatic heterocycles. The Kier molecular flexibility index (Phi) is 7.99. The first-order chi connectivity index (χ1) is 16.1. The number of hydrogen-bond donors (Lipinski definition) is 4. The zero-order valence-electron chi connectivity index (χ0n) is 23.5. The van der Waals surface area contributed by atoms with E-state index in [1.165, 1.54) is 5.57 Å². The van der Waals surface area contributed by atoms with Gasteiger partial charge >= 0.3 is 5.97 Å². The number of aliphatic hydroxyl groups is 3. The van der Waals surface area contributed by atoms with Gasteiger partial charge < -0.3 is 20.4 Å². The molecule has 2 fully saturated rings. The second-order valence-corrected chi connectivity index (χ2v) is 13.9. The minimum Gasteiger partial charge on any atom is -0.481 e. The summed E-state index contributed by atoms with van der Waals surface area (Å²) in [5, 5.41) is 42.4. The smallest absolute Gasteiger partial charge is 0.307 e. The first-order valence-corrected chi connectivity index (χ1v) is 14.0. The van der Waals surface area contributed by atoms with Crippen LogP contribution in [0.1, 0.15) is 100 Å². The minimum atomic E-state index is -0.936. The van der Waals surface area contributed by atoms with E-state index in [1.54, 1.807) is 0 Å². The molecule has 202 valence electrons. The maximum atomic E-state index is 12.3. The summed E-state index contributed by atoms with van der Waals surface area (Å²) in [6.07, 6.45) is 6.32. The Morgan fingerprint density at radius 1 is 1.09 bits per heavy atom. The van der Waals surface area contributed by atoms with Gasteiger partial charge in [0.1, 0.15) is 0 Å². The molecule has 35 heavy (non-hydrogen) atoms. The molecule has 10 atom stereocenters. The van der Waals surface area contributed by atoms with E-state index in [1.807, 2.05) is 6.92 Å². The summed E-state index contributed by atoms with van der Waals surface area (Å²) in [5.41, 5.74) is 0.336. The first kappa shape index (κ1) is 28.7. The van der Waals surface area contributed by atoms with Gasteiger partial charge in [-0.05, 0) is 78.4 Å². The van der Waals surface area contributed by atoms with Crippen molar-refractivity contribution in [3.63, 3.8) is 0 Å². The summed E-state index contributed by atoms with van der Waals surface area (Å²) >= 11 is 0. The summed E-state index contributed by atoms with van der Waals surface area (Å²) < 4.78 is 0. The number of aliphatic hydroxyl groups excluding tert-OH is 3. The number of carboxylic acid groups (broad SMARTS) is 1. The van der Waals surface area contributed by atoms with Crippen LogP contribution in [0.15, 0.2) is 11.6 Å². The van der Waals surface area contributed by atoms with Crippen molar-refractivity contribution >= 4 is 5.97 Å². The lowest BCUT2D eigenvalue weighted by Gasteiger charge is -2.62. The van der Waals surface area contributed by atoms with E-state index in [0.717, 1.165) is 38.5 Å². The topological polar surface area (TPSA) is 98.0 Å². The number of aliphatic carboxylic acids is 1. The molecule has 0 unspecified atom stereocenters. The lowest BCUT2D eigenvalue weighted by atomic mass is 9.44. The second kappa shape index (κ2) is 9.76. The maximum absolute atomic E-state index is 12.3. The van der Waals surface area contributed by atoms with E-state index < -0.39 is 23.6 Å². The van der Waals surface area contributed by atoms with Gasteiger partial charge in [0, 0.05) is 5.41 Å². The minimum absolute atomic E-state index is 0.0563. The fourth-order valence-corrected chi connectivity index (χ4v) is 9.20. The van der Waals surface area contributed by atoms with Crippen LogP contribution in [0.25, 0.3) is 0 Å². The SMILES string of the molecule is CC[C@H]1[C@](C)(CO)[C@@H](O)[C@H](O)C[C@]1(C)[C@H]1CC=C([C@@H]2CC(C)(C)CC[C@H]2C(=O)O)[C@@](C)(CC)[C@H]1C. The molecular weight excluding hydrogens is 440 g/mol. The summed E-state index contributed by atoms with van der Waals surface area (Å²) in [6.45, 7) is 17.6. The largest absolute Gasteiger partial charge is 0.481 e. The lowest BCUT2D eigenvalue weighted by Crippen LogP contribution is -2.62. The summed E-state index contributed by atoms with van der Waals surface area (Å²) in [6, 6.07) is 0. The molecular formula is C30H52O5. The van der Waals surface area contributed by atoms with Crippen LogP contribution in [0.3, 0.4) is 0 Å². The highest BCUT2D eigenvalue weighted by Gasteiger charge is 2.61. The van der Waals surface area contributed by atoms with Crippen LogP contribution >= 0.6 is 0 Å². The first-order valence-electron chi connectivity index (χ1n) is 14.0. The van der Waals surface area contributed by atoms with Crippen LogP contribution < -0.4 is 0 Å². The van der Waals surface area contributed by atoms with Crippen LogP contribution in [-0.2, 0) is 4.79 Å². The van der Waals surface area contributed by atoms with Gasteiger partial charge in [-0.3, -0.25) is 4.79 Å². The predicted molar refractivity (Wildman–Crippen MR) is 140 cm³/mol. The number of rotatable bonds is 6. The molecule has 0 spiro atoms. The van der Waals surface area contributed by atoms with Gasteiger partial charge in [0.25, 0.3) is 0 Å². The Labute approximate surface area is 213 Å². The van der Waals surface area contributed by atoms with Crippen LogP contribution in [0.5, 0.6) is 0 Å².